The van der Waals surface area contributed by atoms with Crippen LogP contribution in [0.1, 0.15) is 140 Å². The van der Waals surface area contributed by atoms with Crippen molar-refractivity contribution in [2.75, 3.05) is 0 Å². The maximum absolute atomic E-state index is 15.9. The Hall–Kier alpha value is -10.2. The van der Waals surface area contributed by atoms with Crippen LogP contribution in [0.4, 0.5) is 0 Å². The van der Waals surface area contributed by atoms with Crippen molar-refractivity contribution in [3.8, 4) is 33.4 Å². The van der Waals surface area contributed by atoms with E-state index in [0.29, 0.717) is 23.1 Å². The summed E-state index contributed by atoms with van der Waals surface area (Å²) in [7, 11) is 0. The van der Waals surface area contributed by atoms with Crippen molar-refractivity contribution in [2.45, 2.75) is 74.0 Å². The van der Waals surface area contributed by atoms with Gasteiger partial charge in [0.15, 0.2) is 0 Å². The summed E-state index contributed by atoms with van der Waals surface area (Å²) < 4.78 is 3.82. The number of carbonyl (C=O) groups excluding carboxylic acids is 1. The van der Waals surface area contributed by atoms with Crippen LogP contribution in [0.25, 0.3) is 67.2 Å². The summed E-state index contributed by atoms with van der Waals surface area (Å²) in [5, 5.41) is 0.629. The zero-order valence-corrected chi connectivity index (χ0v) is 48.8. The Balaban J connectivity index is 0.759. The Morgan fingerprint density at radius 2 is 1.20 bits per heavy atom. The molecule has 5 atom stereocenters. The Kier molecular flexibility index (Phi) is 9.24. The molecule has 13 aromatic rings. The molecule has 5 aliphatic carbocycles. The van der Waals surface area contributed by atoms with Crippen molar-refractivity contribution in [1.29, 1.82) is 0 Å². The zero-order chi connectivity index (χ0) is 58.3. The van der Waals surface area contributed by atoms with Crippen LogP contribution in [-0.4, -0.2) is 29.8 Å². The molecule has 87 heavy (non-hydrogen) atoms. The van der Waals surface area contributed by atoms with Crippen molar-refractivity contribution in [3.05, 3.63) is 330 Å². The number of aromatic nitrogens is 5. The molecule has 7 heteroatoms. The maximum Gasteiger partial charge on any atom is 0.267 e. The van der Waals surface area contributed by atoms with E-state index in [1.165, 1.54) is 83.5 Å². The van der Waals surface area contributed by atoms with E-state index in [2.05, 4.69) is 238 Å². The Bertz CT molecular complexity index is 5410. The number of para-hydroxylation sites is 1. The van der Waals surface area contributed by atoms with Gasteiger partial charge in [-0.05, 0) is 161 Å². The lowest BCUT2D eigenvalue weighted by molar-refractivity contribution is 0.0932. The number of fused-ring (bicyclic) bond motifs is 29. The van der Waals surface area contributed by atoms with Gasteiger partial charge >= 0.3 is 0 Å². The number of rotatable bonds is 3. The van der Waals surface area contributed by atoms with Gasteiger partial charge in [-0.2, -0.15) is 0 Å². The van der Waals surface area contributed by atoms with Gasteiger partial charge in [0.05, 0.1) is 49.6 Å². The summed E-state index contributed by atoms with van der Waals surface area (Å²) in [6.07, 6.45) is 5.30. The van der Waals surface area contributed by atoms with Gasteiger partial charge in [-0.3, -0.25) is 14.2 Å². The van der Waals surface area contributed by atoms with Gasteiger partial charge in [0.1, 0.15) is 5.82 Å². The van der Waals surface area contributed by atoms with E-state index in [0.717, 1.165) is 56.0 Å². The molecule has 0 saturated heterocycles. The predicted molar refractivity (Wildman–Crippen MR) is 346 cm³/mol. The topological polar surface area (TPSA) is 85.0 Å². The number of aromatic amines is 1. The van der Waals surface area contributed by atoms with Crippen LogP contribution >= 0.6 is 0 Å². The minimum Gasteiger partial charge on any atom is -0.324 e. The molecule has 2 spiro atoms. The van der Waals surface area contributed by atoms with Gasteiger partial charge in [-0.15, -0.1) is 0 Å². The molecule has 0 bridgehead atoms. The number of imidazole rings is 2. The van der Waals surface area contributed by atoms with Crippen molar-refractivity contribution < 1.29 is 4.79 Å². The second-order valence-corrected chi connectivity index (χ2v) is 26.6. The van der Waals surface area contributed by atoms with Crippen LogP contribution in [0, 0.1) is 0 Å². The SMILES string of the molecule is CC(C)(C)c1ccc2c(c1)C1(c3ccccc3-2)c2ccccc2C2C=Cc3nc4n(c3C21C)C(=O)c1ccccc1C4(C)c1ccc(Cc2cccc3c2-c2ccccc2C32c3ccccc3-c3cc4c(cc32)nc2[nH]c3ccccc3c(=O)n24)cc1. The quantitative estimate of drug-likeness (QED) is 0.191. The molecule has 0 amide bonds. The zero-order valence-electron chi connectivity index (χ0n) is 48.8. The number of nitrogens with zero attached hydrogens (tertiary/aromatic N) is 4. The van der Waals surface area contributed by atoms with Gasteiger partial charge in [-0.25, -0.2) is 14.4 Å². The van der Waals surface area contributed by atoms with Gasteiger partial charge in [0.25, 0.3) is 11.5 Å². The van der Waals surface area contributed by atoms with Gasteiger partial charge in [0.2, 0.25) is 5.78 Å². The second-order valence-electron chi connectivity index (χ2n) is 26.6. The van der Waals surface area contributed by atoms with Crippen LogP contribution in [0.2, 0.25) is 0 Å². The fourth-order valence-corrected chi connectivity index (χ4v) is 18.0. The lowest BCUT2D eigenvalue weighted by Crippen LogP contribution is -2.50. The highest BCUT2D eigenvalue weighted by Gasteiger charge is 2.68. The summed E-state index contributed by atoms with van der Waals surface area (Å²) in [6.45, 7) is 11.6. The predicted octanol–water partition coefficient (Wildman–Crippen LogP) is 16.5. The number of carbonyl (C=O) groups is 1. The highest BCUT2D eigenvalue weighted by atomic mass is 16.2. The molecule has 0 radical (unpaired) electrons. The third-order valence-corrected chi connectivity index (χ3v) is 21.7. The van der Waals surface area contributed by atoms with E-state index >= 15 is 4.79 Å². The summed E-state index contributed by atoms with van der Waals surface area (Å²) in [5.74, 6) is 1.20. The third-order valence-electron chi connectivity index (χ3n) is 21.7. The van der Waals surface area contributed by atoms with E-state index in [1.807, 2.05) is 36.4 Å². The minimum absolute atomic E-state index is 0.0326. The van der Waals surface area contributed by atoms with Crippen molar-refractivity contribution in [1.82, 2.24) is 23.9 Å². The van der Waals surface area contributed by atoms with E-state index in [4.69, 9.17) is 9.97 Å². The molecule has 414 valence electrons. The molecule has 6 aliphatic rings. The minimum atomic E-state index is -0.806. The summed E-state index contributed by atoms with van der Waals surface area (Å²) in [4.78, 5) is 44.5. The monoisotopic (exact) mass is 1120 g/mol. The number of H-pyrrole nitrogens is 1. The molecule has 3 aromatic heterocycles. The molecule has 4 heterocycles. The molecule has 19 rings (SSSR count). The largest absolute Gasteiger partial charge is 0.324 e. The van der Waals surface area contributed by atoms with E-state index < -0.39 is 21.7 Å². The molecule has 0 fully saturated rings. The molecule has 5 unspecified atom stereocenters. The number of allylic oxidation sites excluding steroid dienone is 1. The molecule has 0 saturated carbocycles. The molecule has 10 aromatic carbocycles. The van der Waals surface area contributed by atoms with Crippen LogP contribution in [0.3, 0.4) is 0 Å². The first-order chi connectivity index (χ1) is 42.4. The highest BCUT2D eigenvalue weighted by molar-refractivity contribution is 6.03. The fraction of sp³-hybridized carbons (Fsp3) is 0.150. The second kappa shape index (κ2) is 16.4. The first kappa shape index (κ1) is 49.1. The van der Waals surface area contributed by atoms with Crippen molar-refractivity contribution in [2.24, 2.45) is 0 Å². The van der Waals surface area contributed by atoms with Crippen LogP contribution < -0.4 is 5.56 Å². The van der Waals surface area contributed by atoms with Crippen molar-refractivity contribution >= 4 is 39.7 Å². The van der Waals surface area contributed by atoms with Crippen LogP contribution in [0.5, 0.6) is 0 Å². The lowest BCUT2D eigenvalue weighted by Gasteiger charge is -2.48. The molecule has 1 N–H and O–H groups in total. The number of nitrogens with one attached hydrogen (secondary N) is 1. The average molecular weight is 1120 g/mol. The molecular weight excluding hydrogens is 1060 g/mol. The molecular formula is C80H57N5O2. The lowest BCUT2D eigenvalue weighted by atomic mass is 9.54. The Labute approximate surface area is 503 Å². The molecule has 7 nitrogen and oxygen atoms in total. The van der Waals surface area contributed by atoms with Gasteiger partial charge in [-0.1, -0.05) is 222 Å². The van der Waals surface area contributed by atoms with E-state index in [-0.39, 0.29) is 22.8 Å². The average Bonchev–Trinajstić information content (AvgIpc) is 1.48. The normalized spacial score (nSPS) is 21.8. The van der Waals surface area contributed by atoms with Crippen molar-refractivity contribution in [3.63, 3.8) is 0 Å². The summed E-state index contributed by atoms with van der Waals surface area (Å²) >= 11 is 0. The summed E-state index contributed by atoms with van der Waals surface area (Å²) in [6, 6.07) is 79.5. The summed E-state index contributed by atoms with van der Waals surface area (Å²) in [5.41, 5.74) is 25.0. The molecule has 1 aliphatic heterocycles. The first-order valence-corrected chi connectivity index (χ1v) is 30.6. The number of hydrogen-bond donors (Lipinski definition) is 1. The highest BCUT2D eigenvalue weighted by Crippen LogP contribution is 2.72. The van der Waals surface area contributed by atoms with E-state index in [1.54, 1.807) is 4.40 Å². The van der Waals surface area contributed by atoms with Gasteiger partial charge in [0, 0.05) is 16.9 Å². The smallest absolute Gasteiger partial charge is 0.267 e. The Morgan fingerprint density at radius 1 is 0.552 bits per heavy atom. The fourth-order valence-electron chi connectivity index (χ4n) is 18.0. The third kappa shape index (κ3) is 5.71. The standard InChI is InChI=1S/C80H57N5O2/c1-76(2,3)48-37-38-51-49-20-7-15-29-61(49)80(65(51)42-48)62-30-16-8-22-52(62)58-39-40-67-71(78(58,80)5)85-72(86)54-24-10-12-26-57(54)77(4,74(85)81-67)47-35-33-45(34-36-47)41-46-19-18-31-63-70(46)53-23-9-14-28-60(53)79(63)59-27-13-6-21-50(59)56-43-69-68(44-64(56)79)83-75-82-66-32-17-11-25-55(66)73(87)84(69)75/h6-40,42-44,58H,41H2,1-5H3,(H,82,83). The van der Waals surface area contributed by atoms with Crippen LogP contribution in [0.15, 0.2) is 229 Å². The Morgan fingerprint density at radius 3 is 1.98 bits per heavy atom. The van der Waals surface area contributed by atoms with Gasteiger partial charge < -0.3 is 4.98 Å². The number of hydrogen-bond acceptors (Lipinski definition) is 4. The number of benzene rings is 10. The van der Waals surface area contributed by atoms with E-state index in [9.17, 15) is 4.79 Å². The maximum atomic E-state index is 15.9. The van der Waals surface area contributed by atoms with Crippen LogP contribution in [-0.2, 0) is 33.5 Å². The first-order valence-electron chi connectivity index (χ1n) is 30.6.